The fourth-order valence-electron chi connectivity index (χ4n) is 11.2. The molecule has 1 heterocycles. The zero-order chi connectivity index (χ0) is 34.3. The maximum absolute atomic E-state index is 13.0. The highest BCUT2D eigenvalue weighted by molar-refractivity contribution is 5.93. The number of rotatable bonds is 10. The molecule has 7 rings (SSSR count). The molecule has 0 saturated heterocycles. The Morgan fingerprint density at radius 3 is 2.55 bits per heavy atom. The molecule has 49 heavy (non-hydrogen) atoms. The number of esters is 1. The third-order valence-corrected chi connectivity index (χ3v) is 13.7. The van der Waals surface area contributed by atoms with Gasteiger partial charge < -0.3 is 13.9 Å². The van der Waals surface area contributed by atoms with Crippen molar-refractivity contribution >= 4 is 16.9 Å². The first-order chi connectivity index (χ1) is 23.5. The maximum atomic E-state index is 13.0. The van der Waals surface area contributed by atoms with Crippen LogP contribution in [0.25, 0.3) is 22.1 Å². The Labute approximate surface area is 292 Å². The van der Waals surface area contributed by atoms with E-state index in [0.29, 0.717) is 16.7 Å². The van der Waals surface area contributed by atoms with Gasteiger partial charge in [-0.3, -0.25) is 0 Å². The van der Waals surface area contributed by atoms with Crippen molar-refractivity contribution in [1.82, 2.24) is 0 Å². The molecule has 0 amide bonds. The quantitative estimate of drug-likeness (QED) is 0.123. The second-order valence-corrected chi connectivity index (χ2v) is 16.9. The number of benzene rings is 2. The van der Waals surface area contributed by atoms with E-state index in [-0.39, 0.29) is 24.1 Å². The smallest absolute Gasteiger partial charge is 0.344 e. The lowest BCUT2D eigenvalue weighted by atomic mass is 9.47. The van der Waals surface area contributed by atoms with Crippen LogP contribution in [0.4, 0.5) is 0 Å². The van der Waals surface area contributed by atoms with Gasteiger partial charge in [-0.05, 0) is 115 Å². The van der Waals surface area contributed by atoms with Gasteiger partial charge in [0.1, 0.15) is 17.4 Å². The van der Waals surface area contributed by atoms with E-state index in [1.807, 2.05) is 42.5 Å². The van der Waals surface area contributed by atoms with Crippen LogP contribution in [0.2, 0.25) is 0 Å². The summed E-state index contributed by atoms with van der Waals surface area (Å²) >= 11 is 0. The molecule has 5 heteroatoms. The summed E-state index contributed by atoms with van der Waals surface area (Å²) < 4.78 is 17.4. The van der Waals surface area contributed by atoms with Gasteiger partial charge in [0.2, 0.25) is 0 Å². The van der Waals surface area contributed by atoms with E-state index >= 15 is 0 Å². The monoisotopic (exact) mass is 664 g/mol. The number of hydrogen-bond donors (Lipinski definition) is 0. The first-order valence-electron chi connectivity index (χ1n) is 19.2. The first-order valence-corrected chi connectivity index (χ1v) is 19.2. The van der Waals surface area contributed by atoms with Crippen LogP contribution in [-0.2, 0) is 9.53 Å². The van der Waals surface area contributed by atoms with Crippen LogP contribution >= 0.6 is 0 Å². The van der Waals surface area contributed by atoms with Gasteiger partial charge in [0, 0.05) is 23.9 Å². The minimum atomic E-state index is -0.424. The highest BCUT2D eigenvalue weighted by atomic mass is 16.6. The van der Waals surface area contributed by atoms with Crippen molar-refractivity contribution in [3.05, 3.63) is 76.7 Å². The van der Waals surface area contributed by atoms with Crippen molar-refractivity contribution in [3.63, 3.8) is 0 Å². The Kier molecular flexibility index (Phi) is 9.58. The summed E-state index contributed by atoms with van der Waals surface area (Å²) in [4.78, 5) is 25.4. The molecule has 3 fully saturated rings. The van der Waals surface area contributed by atoms with E-state index < -0.39 is 5.63 Å². The van der Waals surface area contributed by atoms with Gasteiger partial charge >= 0.3 is 11.6 Å². The van der Waals surface area contributed by atoms with Gasteiger partial charge in [-0.1, -0.05) is 95.9 Å². The third-order valence-electron chi connectivity index (χ3n) is 13.7. The molecule has 0 radical (unpaired) electrons. The fraction of sp³-hybridized carbons (Fsp3) is 0.591. The van der Waals surface area contributed by atoms with E-state index in [1.165, 1.54) is 63.0 Å². The molecule has 0 N–H and O–H groups in total. The molecule has 8 atom stereocenters. The van der Waals surface area contributed by atoms with Gasteiger partial charge in [0.25, 0.3) is 0 Å². The van der Waals surface area contributed by atoms with Gasteiger partial charge in [-0.2, -0.15) is 0 Å². The SMILES string of the molecule is CC(C)CCC[C@@H](C)[C@H]1CC[C@@H]2[C@@H]3CC=C4C[C@@H](OC(=O)COc5ccc6c(-c7ccccc7)cc(=O)oc6c5)CC[C@]4(C)[C@@H]3CC[C@@]21C. The predicted octanol–water partition coefficient (Wildman–Crippen LogP) is 10.8. The summed E-state index contributed by atoms with van der Waals surface area (Å²) in [7, 11) is 0. The summed E-state index contributed by atoms with van der Waals surface area (Å²) in [5.41, 5.74) is 3.99. The first kappa shape index (κ1) is 34.1. The molecule has 4 aliphatic rings. The summed E-state index contributed by atoms with van der Waals surface area (Å²) in [5, 5.41) is 0.816. The molecule has 2 aromatic carbocycles. The Balaban J connectivity index is 0.959. The Hall–Kier alpha value is -3.34. The Morgan fingerprint density at radius 2 is 1.76 bits per heavy atom. The maximum Gasteiger partial charge on any atom is 0.344 e. The summed E-state index contributed by atoms with van der Waals surface area (Å²) in [5.74, 6) is 5.02. The van der Waals surface area contributed by atoms with Crippen molar-refractivity contribution in [3.8, 4) is 16.9 Å². The number of ether oxygens (including phenoxy) is 2. The van der Waals surface area contributed by atoms with E-state index in [0.717, 1.165) is 71.3 Å². The fourth-order valence-corrected chi connectivity index (χ4v) is 11.2. The minimum absolute atomic E-state index is 0.105. The van der Waals surface area contributed by atoms with Gasteiger partial charge in [-0.15, -0.1) is 0 Å². The van der Waals surface area contributed by atoms with Gasteiger partial charge in [0.15, 0.2) is 6.61 Å². The van der Waals surface area contributed by atoms with Crippen LogP contribution in [0, 0.1) is 46.3 Å². The highest BCUT2D eigenvalue weighted by Gasteiger charge is 2.59. The summed E-state index contributed by atoms with van der Waals surface area (Å²) in [6.07, 6.45) is 16.2. The topological polar surface area (TPSA) is 65.7 Å². The molecule has 1 aromatic heterocycles. The van der Waals surface area contributed by atoms with Crippen molar-refractivity contribution in [2.24, 2.45) is 46.3 Å². The normalized spacial score (nSPS) is 31.4. The molecule has 0 aliphatic heterocycles. The van der Waals surface area contributed by atoms with Crippen LogP contribution in [0.3, 0.4) is 0 Å². The predicted molar refractivity (Wildman–Crippen MR) is 196 cm³/mol. The largest absolute Gasteiger partial charge is 0.482 e. The third kappa shape index (κ3) is 6.64. The standard InChI is InChI=1S/C44H56O5/c1-28(2)10-9-11-29(3)37-18-19-38-35-16-14-31-24-33(20-22-43(31,4)39(35)21-23-44(37,38)5)48-42(46)27-47-32-15-17-34-36(30-12-7-6-8-13-30)26-41(45)49-40(34)25-32/h6-8,12-15,17,25-26,28-29,33,35,37-39H,9-11,16,18-24,27H2,1-5H3/t29-,33+,35+,37-,38-,39-,43+,44-/m1/s1. The zero-order valence-corrected chi connectivity index (χ0v) is 30.3. The average Bonchev–Trinajstić information content (AvgIpc) is 3.44. The van der Waals surface area contributed by atoms with E-state index in [1.54, 1.807) is 6.07 Å². The molecule has 3 aromatic rings. The minimum Gasteiger partial charge on any atom is -0.482 e. The molecular formula is C44H56O5. The molecular weight excluding hydrogens is 608 g/mol. The van der Waals surface area contributed by atoms with Crippen molar-refractivity contribution in [1.29, 1.82) is 0 Å². The molecule has 4 aliphatic carbocycles. The molecule has 262 valence electrons. The lowest BCUT2D eigenvalue weighted by Gasteiger charge is -2.58. The van der Waals surface area contributed by atoms with Gasteiger partial charge in [-0.25, -0.2) is 9.59 Å². The number of allylic oxidation sites excluding steroid dienone is 1. The molecule has 0 spiro atoms. The van der Waals surface area contributed by atoms with Crippen LogP contribution in [0.1, 0.15) is 105 Å². The van der Waals surface area contributed by atoms with Crippen LogP contribution in [0.5, 0.6) is 5.75 Å². The van der Waals surface area contributed by atoms with Crippen LogP contribution < -0.4 is 10.4 Å². The summed E-state index contributed by atoms with van der Waals surface area (Å²) in [6.45, 7) is 12.3. The van der Waals surface area contributed by atoms with E-state index in [9.17, 15) is 9.59 Å². The Morgan fingerprint density at radius 1 is 0.939 bits per heavy atom. The van der Waals surface area contributed by atoms with E-state index in [4.69, 9.17) is 13.9 Å². The molecule has 0 bridgehead atoms. The van der Waals surface area contributed by atoms with Crippen LogP contribution in [-0.4, -0.2) is 18.7 Å². The van der Waals surface area contributed by atoms with Gasteiger partial charge in [0.05, 0.1) is 0 Å². The number of fused-ring (bicyclic) bond motifs is 6. The second-order valence-electron chi connectivity index (χ2n) is 16.9. The lowest BCUT2D eigenvalue weighted by molar-refractivity contribution is -0.153. The Bertz CT molecular complexity index is 1740. The van der Waals surface area contributed by atoms with Crippen molar-refractivity contribution < 1.29 is 18.7 Å². The van der Waals surface area contributed by atoms with Crippen molar-refractivity contribution in [2.45, 2.75) is 111 Å². The molecule has 0 unspecified atom stereocenters. The van der Waals surface area contributed by atoms with Crippen LogP contribution in [0.15, 0.2) is 75.5 Å². The average molecular weight is 665 g/mol. The second kappa shape index (κ2) is 13.8. The molecule has 3 saturated carbocycles. The number of carbonyl (C=O) groups is 1. The zero-order valence-electron chi connectivity index (χ0n) is 30.3. The number of hydrogen-bond acceptors (Lipinski definition) is 5. The highest BCUT2D eigenvalue weighted by Crippen LogP contribution is 2.67. The number of carbonyl (C=O) groups excluding carboxylic acids is 1. The van der Waals surface area contributed by atoms with Crippen molar-refractivity contribution in [2.75, 3.05) is 6.61 Å². The molecule has 5 nitrogen and oxygen atoms in total. The van der Waals surface area contributed by atoms with E-state index in [2.05, 4.69) is 40.7 Å². The summed E-state index contributed by atoms with van der Waals surface area (Å²) in [6, 6.07) is 16.7. The lowest BCUT2D eigenvalue weighted by Crippen LogP contribution is -2.51.